The maximum Gasteiger partial charge on any atom is 0.337 e. The third kappa shape index (κ3) is 7.29. The van der Waals surface area contributed by atoms with Crippen LogP contribution in [-0.4, -0.2) is 38.2 Å². The van der Waals surface area contributed by atoms with E-state index in [0.717, 1.165) is 16.9 Å². The fourth-order valence-electron chi connectivity index (χ4n) is 2.52. The minimum Gasteiger partial charge on any atom is -0.494 e. The fourth-order valence-corrected chi connectivity index (χ4v) is 2.52. The second-order valence-electron chi connectivity index (χ2n) is 6.50. The van der Waals surface area contributed by atoms with Crippen molar-refractivity contribution in [2.45, 2.75) is 26.7 Å². The number of benzene rings is 2. The van der Waals surface area contributed by atoms with Crippen LogP contribution in [0.4, 0.5) is 5.69 Å². The molecule has 0 radical (unpaired) electrons. The first-order chi connectivity index (χ1) is 13.9. The van der Waals surface area contributed by atoms with Gasteiger partial charge in [0.1, 0.15) is 5.75 Å². The number of hydrogen-bond donors (Lipinski definition) is 1. The van der Waals surface area contributed by atoms with Gasteiger partial charge in [0.2, 0.25) is 0 Å². The maximum atomic E-state index is 12.0. The highest BCUT2D eigenvalue weighted by molar-refractivity contribution is 5.96. The second-order valence-corrected chi connectivity index (χ2v) is 6.50. The van der Waals surface area contributed by atoms with Gasteiger partial charge in [-0.3, -0.25) is 9.59 Å². The summed E-state index contributed by atoms with van der Waals surface area (Å²) in [4.78, 5) is 35.4. The van der Waals surface area contributed by atoms with E-state index in [0.29, 0.717) is 24.3 Å². The summed E-state index contributed by atoms with van der Waals surface area (Å²) in [5.41, 5.74) is 2.64. The minimum atomic E-state index is -0.500. The molecule has 0 unspecified atom stereocenters. The number of rotatable bonds is 9. The average molecular weight is 399 g/mol. The number of amides is 1. The van der Waals surface area contributed by atoms with E-state index in [1.807, 2.05) is 31.2 Å². The average Bonchev–Trinajstić information content (AvgIpc) is 2.70. The Morgan fingerprint density at radius 1 is 1.03 bits per heavy atom. The van der Waals surface area contributed by atoms with Gasteiger partial charge in [0, 0.05) is 12.1 Å². The van der Waals surface area contributed by atoms with Crippen LogP contribution in [0.15, 0.2) is 42.5 Å². The standard InChI is InChI=1S/C22H25NO6/c1-15-6-4-7-18(12-15)28-11-5-8-21(25)29-14-20(24)23-19-13-17(22(26)27-3)10-9-16(19)2/h4,6-7,9-10,12-13H,5,8,11,14H2,1-3H3,(H,23,24). The summed E-state index contributed by atoms with van der Waals surface area (Å²) < 4.78 is 15.2. The third-order valence-electron chi connectivity index (χ3n) is 4.08. The van der Waals surface area contributed by atoms with Gasteiger partial charge >= 0.3 is 11.9 Å². The van der Waals surface area contributed by atoms with E-state index in [2.05, 4.69) is 10.1 Å². The van der Waals surface area contributed by atoms with Gasteiger partial charge in [0.15, 0.2) is 6.61 Å². The zero-order valence-corrected chi connectivity index (χ0v) is 16.8. The zero-order valence-electron chi connectivity index (χ0n) is 16.8. The topological polar surface area (TPSA) is 90.9 Å². The fraction of sp³-hybridized carbons (Fsp3) is 0.318. The predicted octanol–water partition coefficient (Wildman–Crippen LogP) is 3.43. The molecule has 7 heteroatoms. The molecule has 0 fully saturated rings. The highest BCUT2D eigenvalue weighted by Gasteiger charge is 2.12. The Labute approximate surface area is 170 Å². The van der Waals surface area contributed by atoms with Crippen molar-refractivity contribution in [2.24, 2.45) is 0 Å². The number of ether oxygens (including phenoxy) is 3. The monoisotopic (exact) mass is 399 g/mol. The Balaban J connectivity index is 1.72. The molecule has 0 bridgehead atoms. The summed E-state index contributed by atoms with van der Waals surface area (Å²) in [6.07, 6.45) is 0.630. The number of carbonyl (C=O) groups excluding carboxylic acids is 3. The van der Waals surface area contributed by atoms with Crippen molar-refractivity contribution in [1.29, 1.82) is 0 Å². The number of esters is 2. The lowest BCUT2D eigenvalue weighted by molar-refractivity contribution is -0.147. The van der Waals surface area contributed by atoms with Crippen LogP contribution in [-0.2, 0) is 19.1 Å². The third-order valence-corrected chi connectivity index (χ3v) is 4.08. The Kier molecular flexibility index (Phi) is 8.21. The van der Waals surface area contributed by atoms with E-state index in [9.17, 15) is 14.4 Å². The Hall–Kier alpha value is -3.35. The summed E-state index contributed by atoms with van der Waals surface area (Å²) in [7, 11) is 1.28. The van der Waals surface area contributed by atoms with Gasteiger partial charge in [-0.15, -0.1) is 0 Å². The molecule has 2 aromatic carbocycles. The van der Waals surface area contributed by atoms with Gasteiger partial charge in [0.05, 0.1) is 19.3 Å². The van der Waals surface area contributed by atoms with E-state index in [1.165, 1.54) is 13.2 Å². The van der Waals surface area contributed by atoms with Crippen LogP contribution in [0.1, 0.15) is 34.3 Å². The van der Waals surface area contributed by atoms with Crippen molar-refractivity contribution in [2.75, 3.05) is 25.6 Å². The Bertz CT molecular complexity index is 877. The number of anilines is 1. The van der Waals surface area contributed by atoms with Crippen molar-refractivity contribution < 1.29 is 28.6 Å². The summed E-state index contributed by atoms with van der Waals surface area (Å²) >= 11 is 0. The van der Waals surface area contributed by atoms with Gasteiger partial charge in [0.25, 0.3) is 5.91 Å². The summed E-state index contributed by atoms with van der Waals surface area (Å²) in [6, 6.07) is 12.5. The van der Waals surface area contributed by atoms with Crippen molar-refractivity contribution >= 4 is 23.5 Å². The molecule has 1 amide bonds. The highest BCUT2D eigenvalue weighted by Crippen LogP contribution is 2.17. The molecule has 7 nitrogen and oxygen atoms in total. The molecule has 29 heavy (non-hydrogen) atoms. The quantitative estimate of drug-likeness (QED) is 0.513. The molecule has 0 aromatic heterocycles. The summed E-state index contributed by atoms with van der Waals surface area (Å²) in [5.74, 6) is -0.713. The van der Waals surface area contributed by atoms with Crippen molar-refractivity contribution in [3.8, 4) is 5.75 Å². The van der Waals surface area contributed by atoms with Gasteiger partial charge in [-0.1, -0.05) is 18.2 Å². The van der Waals surface area contributed by atoms with Crippen LogP contribution < -0.4 is 10.1 Å². The van der Waals surface area contributed by atoms with Crippen LogP contribution in [0.25, 0.3) is 0 Å². The molecule has 2 aromatic rings. The molecule has 0 saturated heterocycles. The van der Waals surface area contributed by atoms with Crippen molar-refractivity contribution in [1.82, 2.24) is 0 Å². The first-order valence-corrected chi connectivity index (χ1v) is 9.23. The van der Waals surface area contributed by atoms with Gasteiger partial charge in [-0.25, -0.2) is 4.79 Å². The molecular formula is C22H25NO6. The maximum absolute atomic E-state index is 12.0. The largest absolute Gasteiger partial charge is 0.494 e. The molecule has 0 saturated carbocycles. The van der Waals surface area contributed by atoms with Crippen LogP contribution in [0, 0.1) is 13.8 Å². The first kappa shape index (κ1) is 21.9. The SMILES string of the molecule is COC(=O)c1ccc(C)c(NC(=O)COC(=O)CCCOc2cccc(C)c2)c1. The van der Waals surface area contributed by atoms with Crippen LogP contribution >= 0.6 is 0 Å². The summed E-state index contributed by atoms with van der Waals surface area (Å²) in [5, 5.41) is 2.63. The first-order valence-electron chi connectivity index (χ1n) is 9.23. The van der Waals surface area contributed by atoms with E-state index in [4.69, 9.17) is 9.47 Å². The molecule has 1 N–H and O–H groups in total. The molecule has 0 heterocycles. The molecular weight excluding hydrogens is 374 g/mol. The van der Waals surface area contributed by atoms with Crippen LogP contribution in [0.5, 0.6) is 5.75 Å². The normalized spacial score (nSPS) is 10.2. The zero-order chi connectivity index (χ0) is 21.2. The van der Waals surface area contributed by atoms with Gasteiger partial charge < -0.3 is 19.5 Å². The molecule has 0 aliphatic heterocycles. The lowest BCUT2D eigenvalue weighted by atomic mass is 10.1. The van der Waals surface area contributed by atoms with Crippen LogP contribution in [0.2, 0.25) is 0 Å². The highest BCUT2D eigenvalue weighted by atomic mass is 16.5. The van der Waals surface area contributed by atoms with Crippen molar-refractivity contribution in [3.63, 3.8) is 0 Å². The number of aryl methyl sites for hydroxylation is 2. The minimum absolute atomic E-state index is 0.149. The molecule has 2 rings (SSSR count). The molecule has 0 aliphatic carbocycles. The lowest BCUT2D eigenvalue weighted by Crippen LogP contribution is -2.21. The molecule has 0 aliphatic rings. The predicted molar refractivity (Wildman–Crippen MR) is 108 cm³/mol. The molecule has 154 valence electrons. The number of hydrogen-bond acceptors (Lipinski definition) is 6. The van der Waals surface area contributed by atoms with Gasteiger partial charge in [-0.05, 0) is 55.7 Å². The van der Waals surface area contributed by atoms with E-state index in [-0.39, 0.29) is 6.42 Å². The smallest absolute Gasteiger partial charge is 0.337 e. The van der Waals surface area contributed by atoms with Crippen LogP contribution in [0.3, 0.4) is 0 Å². The van der Waals surface area contributed by atoms with E-state index in [1.54, 1.807) is 19.1 Å². The second kappa shape index (κ2) is 10.8. The number of methoxy groups -OCH3 is 1. The summed E-state index contributed by atoms with van der Waals surface area (Å²) in [6.45, 7) is 3.74. The van der Waals surface area contributed by atoms with E-state index < -0.39 is 24.5 Å². The van der Waals surface area contributed by atoms with E-state index >= 15 is 0 Å². The van der Waals surface area contributed by atoms with Crippen molar-refractivity contribution in [3.05, 3.63) is 59.2 Å². The Morgan fingerprint density at radius 2 is 1.83 bits per heavy atom. The Morgan fingerprint density at radius 3 is 2.55 bits per heavy atom. The number of nitrogens with one attached hydrogen (secondary N) is 1. The van der Waals surface area contributed by atoms with Gasteiger partial charge in [-0.2, -0.15) is 0 Å². The number of carbonyl (C=O) groups is 3. The lowest BCUT2D eigenvalue weighted by Gasteiger charge is -2.10. The molecule has 0 atom stereocenters. The molecule has 0 spiro atoms.